The average Bonchev–Trinajstić information content (AvgIpc) is 2.57. The summed E-state index contributed by atoms with van der Waals surface area (Å²) in [5, 5.41) is 0. The van der Waals surface area contributed by atoms with Crippen LogP contribution in [0.3, 0.4) is 0 Å². The minimum absolute atomic E-state index is 0.0876. The van der Waals surface area contributed by atoms with Crippen LogP contribution in [0.5, 0.6) is 0 Å². The molecule has 0 aliphatic carbocycles. The van der Waals surface area contributed by atoms with Crippen molar-refractivity contribution >= 4 is 0 Å². The van der Waals surface area contributed by atoms with Crippen molar-refractivity contribution in [3.05, 3.63) is 54.4 Å². The van der Waals surface area contributed by atoms with Gasteiger partial charge in [-0.1, -0.05) is 30.3 Å². The lowest BCUT2D eigenvalue weighted by Gasteiger charge is -2.40. The number of benzene rings is 1. The number of hydrogen-bond acceptors (Lipinski definition) is 3. The standard InChI is InChI=1S/C18H23N3/c1-21-9-7-18(14-19,8-10-21)17-11-16(12-20-13-17)15-5-3-2-4-6-15/h2-6,11-13H,7-10,14,19H2,1H3. The van der Waals surface area contributed by atoms with Crippen molar-refractivity contribution in [3.63, 3.8) is 0 Å². The van der Waals surface area contributed by atoms with Gasteiger partial charge in [0.05, 0.1) is 0 Å². The first-order valence-corrected chi connectivity index (χ1v) is 7.63. The van der Waals surface area contributed by atoms with Gasteiger partial charge in [-0.25, -0.2) is 0 Å². The molecule has 1 aromatic heterocycles. The first-order valence-electron chi connectivity index (χ1n) is 7.63. The van der Waals surface area contributed by atoms with Gasteiger partial charge < -0.3 is 10.6 Å². The van der Waals surface area contributed by atoms with Crippen LogP contribution in [0.25, 0.3) is 11.1 Å². The molecule has 2 N–H and O–H groups in total. The van der Waals surface area contributed by atoms with E-state index in [1.165, 1.54) is 16.7 Å². The van der Waals surface area contributed by atoms with Crippen molar-refractivity contribution in [2.24, 2.45) is 5.73 Å². The Balaban J connectivity index is 1.95. The molecule has 0 unspecified atom stereocenters. The Morgan fingerprint density at radius 2 is 1.81 bits per heavy atom. The molecule has 3 nitrogen and oxygen atoms in total. The first-order chi connectivity index (χ1) is 10.2. The van der Waals surface area contributed by atoms with E-state index < -0.39 is 0 Å². The second-order valence-electron chi connectivity index (χ2n) is 6.12. The minimum atomic E-state index is 0.0876. The van der Waals surface area contributed by atoms with E-state index in [1.54, 1.807) is 0 Å². The van der Waals surface area contributed by atoms with Crippen LogP contribution in [0.15, 0.2) is 48.8 Å². The summed E-state index contributed by atoms with van der Waals surface area (Å²) in [6.45, 7) is 2.90. The number of nitrogens with two attached hydrogens (primary N) is 1. The highest BCUT2D eigenvalue weighted by Gasteiger charge is 2.34. The number of pyridine rings is 1. The lowest BCUT2D eigenvalue weighted by molar-refractivity contribution is 0.191. The first kappa shape index (κ1) is 14.2. The predicted molar refractivity (Wildman–Crippen MR) is 87.1 cm³/mol. The Hall–Kier alpha value is -1.71. The second kappa shape index (κ2) is 5.96. The van der Waals surface area contributed by atoms with Gasteiger partial charge >= 0.3 is 0 Å². The normalized spacial score (nSPS) is 18.6. The van der Waals surface area contributed by atoms with Crippen LogP contribution in [0, 0.1) is 0 Å². The van der Waals surface area contributed by atoms with Crippen LogP contribution in [0.2, 0.25) is 0 Å². The largest absolute Gasteiger partial charge is 0.330 e. The maximum Gasteiger partial charge on any atom is 0.0346 e. The molecule has 2 aromatic rings. The monoisotopic (exact) mass is 281 g/mol. The molecule has 1 aliphatic heterocycles. The van der Waals surface area contributed by atoms with Crippen LogP contribution >= 0.6 is 0 Å². The fourth-order valence-electron chi connectivity index (χ4n) is 3.18. The molecule has 0 amide bonds. The van der Waals surface area contributed by atoms with Gasteiger partial charge in [-0.3, -0.25) is 4.98 Å². The summed E-state index contributed by atoms with van der Waals surface area (Å²) in [5.74, 6) is 0. The van der Waals surface area contributed by atoms with Crippen LogP contribution in [-0.2, 0) is 5.41 Å². The van der Waals surface area contributed by atoms with Gasteiger partial charge in [0, 0.05) is 29.9 Å². The highest BCUT2D eigenvalue weighted by molar-refractivity contribution is 5.63. The van der Waals surface area contributed by atoms with Crippen LogP contribution in [0.1, 0.15) is 18.4 Å². The molecule has 0 atom stereocenters. The Morgan fingerprint density at radius 1 is 1.10 bits per heavy atom. The molecule has 21 heavy (non-hydrogen) atoms. The molecule has 0 saturated carbocycles. The van der Waals surface area contributed by atoms with Gasteiger partial charge in [0.15, 0.2) is 0 Å². The molecular formula is C18H23N3. The van der Waals surface area contributed by atoms with Crippen LogP contribution < -0.4 is 5.73 Å². The Labute approximate surface area is 126 Å². The molecular weight excluding hydrogens is 258 g/mol. The maximum absolute atomic E-state index is 6.16. The third kappa shape index (κ3) is 2.85. The molecule has 3 heteroatoms. The number of likely N-dealkylation sites (tertiary alicyclic amines) is 1. The third-order valence-corrected chi connectivity index (χ3v) is 4.79. The minimum Gasteiger partial charge on any atom is -0.330 e. The summed E-state index contributed by atoms with van der Waals surface area (Å²) < 4.78 is 0. The van der Waals surface area contributed by atoms with Gasteiger partial charge in [-0.05, 0) is 50.2 Å². The van der Waals surface area contributed by atoms with Gasteiger partial charge in [0.25, 0.3) is 0 Å². The van der Waals surface area contributed by atoms with E-state index in [0.29, 0.717) is 6.54 Å². The summed E-state index contributed by atoms with van der Waals surface area (Å²) in [6, 6.07) is 12.7. The molecule has 0 radical (unpaired) electrons. The van der Waals surface area contributed by atoms with Crippen molar-refractivity contribution in [1.29, 1.82) is 0 Å². The molecule has 1 fully saturated rings. The van der Waals surface area contributed by atoms with Gasteiger partial charge in [-0.15, -0.1) is 0 Å². The van der Waals surface area contributed by atoms with E-state index in [1.807, 2.05) is 18.5 Å². The van der Waals surface area contributed by atoms with E-state index in [-0.39, 0.29) is 5.41 Å². The summed E-state index contributed by atoms with van der Waals surface area (Å²) in [4.78, 5) is 6.86. The van der Waals surface area contributed by atoms with Gasteiger partial charge in [-0.2, -0.15) is 0 Å². The number of rotatable bonds is 3. The highest BCUT2D eigenvalue weighted by Crippen LogP contribution is 2.35. The summed E-state index contributed by atoms with van der Waals surface area (Å²) in [6.07, 6.45) is 6.17. The number of hydrogen-bond donors (Lipinski definition) is 1. The number of piperidine rings is 1. The van der Waals surface area contributed by atoms with Crippen molar-refractivity contribution in [2.45, 2.75) is 18.3 Å². The van der Waals surface area contributed by atoms with E-state index >= 15 is 0 Å². The Morgan fingerprint density at radius 3 is 2.48 bits per heavy atom. The van der Waals surface area contributed by atoms with Gasteiger partial charge in [0.2, 0.25) is 0 Å². The van der Waals surface area contributed by atoms with Gasteiger partial charge in [0.1, 0.15) is 0 Å². The van der Waals surface area contributed by atoms with Crippen molar-refractivity contribution in [2.75, 3.05) is 26.7 Å². The van der Waals surface area contributed by atoms with E-state index in [2.05, 4.69) is 47.3 Å². The topological polar surface area (TPSA) is 42.1 Å². The molecule has 1 aliphatic rings. The summed E-state index contributed by atoms with van der Waals surface area (Å²) in [7, 11) is 2.18. The fourth-order valence-corrected chi connectivity index (χ4v) is 3.18. The summed E-state index contributed by atoms with van der Waals surface area (Å²) in [5.41, 5.74) is 9.93. The number of nitrogens with zero attached hydrogens (tertiary/aromatic N) is 2. The Kier molecular flexibility index (Phi) is 4.04. The van der Waals surface area contributed by atoms with Crippen molar-refractivity contribution in [1.82, 2.24) is 9.88 Å². The zero-order valence-corrected chi connectivity index (χ0v) is 12.6. The molecule has 1 saturated heterocycles. The van der Waals surface area contributed by atoms with Crippen molar-refractivity contribution < 1.29 is 0 Å². The van der Waals surface area contributed by atoms with Crippen LogP contribution in [-0.4, -0.2) is 36.6 Å². The smallest absolute Gasteiger partial charge is 0.0346 e. The molecule has 3 rings (SSSR count). The lowest BCUT2D eigenvalue weighted by atomic mass is 9.73. The van der Waals surface area contributed by atoms with E-state index in [9.17, 15) is 0 Å². The zero-order valence-electron chi connectivity index (χ0n) is 12.6. The van der Waals surface area contributed by atoms with E-state index in [4.69, 9.17) is 5.73 Å². The molecule has 1 aromatic carbocycles. The van der Waals surface area contributed by atoms with Crippen LogP contribution in [0.4, 0.5) is 0 Å². The maximum atomic E-state index is 6.16. The summed E-state index contributed by atoms with van der Waals surface area (Å²) >= 11 is 0. The predicted octanol–water partition coefficient (Wildman–Crippen LogP) is 2.67. The SMILES string of the molecule is CN1CCC(CN)(c2cncc(-c3ccccc3)c2)CC1. The quantitative estimate of drug-likeness (QED) is 0.940. The Bertz CT molecular complexity index is 586. The third-order valence-electron chi connectivity index (χ3n) is 4.79. The molecule has 0 bridgehead atoms. The van der Waals surface area contributed by atoms with Crippen molar-refractivity contribution in [3.8, 4) is 11.1 Å². The van der Waals surface area contributed by atoms with E-state index in [0.717, 1.165) is 25.9 Å². The lowest BCUT2D eigenvalue weighted by Crippen LogP contribution is -2.45. The zero-order chi connectivity index (χ0) is 14.7. The molecule has 0 spiro atoms. The fraction of sp³-hybridized carbons (Fsp3) is 0.389. The average molecular weight is 281 g/mol. The molecule has 110 valence electrons. The second-order valence-corrected chi connectivity index (χ2v) is 6.12. The number of aromatic nitrogens is 1. The molecule has 2 heterocycles. The highest BCUT2D eigenvalue weighted by atomic mass is 15.1.